The van der Waals surface area contributed by atoms with Crippen molar-refractivity contribution in [1.82, 2.24) is 4.98 Å². The van der Waals surface area contributed by atoms with Crippen LogP contribution in [0.25, 0.3) is 0 Å². The molecule has 2 heterocycles. The highest BCUT2D eigenvalue weighted by Gasteiger charge is 2.23. The third-order valence-electron chi connectivity index (χ3n) is 4.77. The number of aromatic nitrogens is 1. The number of anilines is 1. The van der Waals surface area contributed by atoms with Crippen LogP contribution in [0.4, 0.5) is 14.6 Å². The standard InChI is InChI=1S/C22H24F2N6O/c1-3-28-20-13-6-19(22(27)30-10-13)31-12(2)17-7-15(23)4-5-16(17)21(18(24)9-26)29-11-14(20)8-25/h4-10,12H,3,11,25-26H2,1-2H3,(H2,27,30)/t12-/m1/s1. The van der Waals surface area contributed by atoms with Gasteiger partial charge in [-0.25, -0.2) is 13.8 Å². The summed E-state index contributed by atoms with van der Waals surface area (Å²) in [6, 6.07) is 5.62. The van der Waals surface area contributed by atoms with E-state index in [2.05, 4.69) is 15.0 Å². The van der Waals surface area contributed by atoms with Gasteiger partial charge in [0.25, 0.3) is 0 Å². The molecule has 0 saturated heterocycles. The minimum absolute atomic E-state index is 0.0116. The second-order valence-electron chi connectivity index (χ2n) is 6.79. The molecule has 9 heteroatoms. The Labute approximate surface area is 179 Å². The number of hydrogen-bond acceptors (Lipinski definition) is 7. The number of nitrogens with two attached hydrogens (primary N) is 3. The van der Waals surface area contributed by atoms with E-state index in [1.807, 2.05) is 6.92 Å². The first-order chi connectivity index (χ1) is 14.9. The quantitative estimate of drug-likeness (QED) is 0.680. The Morgan fingerprint density at radius 3 is 2.77 bits per heavy atom. The molecular formula is C22H24F2N6O. The summed E-state index contributed by atoms with van der Waals surface area (Å²) < 4.78 is 34.8. The van der Waals surface area contributed by atoms with E-state index in [1.54, 1.807) is 19.2 Å². The molecule has 0 radical (unpaired) electrons. The van der Waals surface area contributed by atoms with Crippen molar-refractivity contribution in [2.24, 2.45) is 21.5 Å². The lowest BCUT2D eigenvalue weighted by atomic mass is 9.97. The van der Waals surface area contributed by atoms with Crippen LogP contribution in [0, 0.1) is 5.82 Å². The zero-order valence-corrected chi connectivity index (χ0v) is 17.3. The third kappa shape index (κ3) is 4.55. The summed E-state index contributed by atoms with van der Waals surface area (Å²) in [4.78, 5) is 13.1. The number of hydrogen-bond donors (Lipinski definition) is 3. The largest absolute Gasteiger partial charge is 0.482 e. The number of benzene rings is 1. The van der Waals surface area contributed by atoms with E-state index in [9.17, 15) is 8.78 Å². The number of aliphatic imine (C=N–C) groups is 2. The second-order valence-corrected chi connectivity index (χ2v) is 6.79. The molecule has 1 aliphatic heterocycles. The second kappa shape index (κ2) is 9.38. The Morgan fingerprint density at radius 2 is 2.10 bits per heavy atom. The highest BCUT2D eigenvalue weighted by atomic mass is 19.1. The van der Waals surface area contributed by atoms with E-state index in [0.29, 0.717) is 34.5 Å². The summed E-state index contributed by atoms with van der Waals surface area (Å²) in [5.41, 5.74) is 19.7. The van der Waals surface area contributed by atoms with Crippen LogP contribution >= 0.6 is 0 Å². The zero-order valence-electron chi connectivity index (χ0n) is 17.3. The Balaban J connectivity index is 2.32. The maximum Gasteiger partial charge on any atom is 0.166 e. The summed E-state index contributed by atoms with van der Waals surface area (Å²) in [6.07, 6.45) is 3.02. The van der Waals surface area contributed by atoms with Crippen LogP contribution in [0.1, 0.15) is 36.6 Å². The van der Waals surface area contributed by atoms with Gasteiger partial charge in [0, 0.05) is 47.4 Å². The van der Waals surface area contributed by atoms with Gasteiger partial charge in [-0.15, -0.1) is 0 Å². The van der Waals surface area contributed by atoms with Crippen LogP contribution in [0.3, 0.4) is 0 Å². The van der Waals surface area contributed by atoms with Crippen molar-refractivity contribution in [2.75, 3.05) is 18.8 Å². The predicted octanol–water partition coefficient (Wildman–Crippen LogP) is 3.17. The number of nitrogen functional groups attached to an aromatic ring is 1. The Kier molecular flexibility index (Phi) is 6.64. The zero-order chi connectivity index (χ0) is 22.5. The lowest BCUT2D eigenvalue weighted by Crippen LogP contribution is -2.18. The molecular weight excluding hydrogens is 402 g/mol. The van der Waals surface area contributed by atoms with Crippen molar-refractivity contribution in [3.63, 3.8) is 0 Å². The third-order valence-corrected chi connectivity index (χ3v) is 4.77. The van der Waals surface area contributed by atoms with Crippen molar-refractivity contribution in [3.8, 4) is 5.75 Å². The number of allylic oxidation sites excluding steroid dienone is 1. The first-order valence-corrected chi connectivity index (χ1v) is 9.69. The van der Waals surface area contributed by atoms with Gasteiger partial charge >= 0.3 is 0 Å². The number of rotatable bonds is 2. The smallest absolute Gasteiger partial charge is 0.166 e. The minimum atomic E-state index is -0.762. The van der Waals surface area contributed by atoms with Crippen molar-refractivity contribution >= 4 is 17.2 Å². The fraction of sp³-hybridized carbons (Fsp3) is 0.227. The van der Waals surface area contributed by atoms with Gasteiger partial charge < -0.3 is 21.9 Å². The van der Waals surface area contributed by atoms with Gasteiger partial charge in [0.15, 0.2) is 17.4 Å². The number of halogens is 2. The molecule has 0 unspecified atom stereocenters. The van der Waals surface area contributed by atoms with E-state index in [1.165, 1.54) is 24.4 Å². The van der Waals surface area contributed by atoms with Gasteiger partial charge in [0.2, 0.25) is 0 Å². The average molecular weight is 426 g/mol. The van der Waals surface area contributed by atoms with Gasteiger partial charge in [-0.3, -0.25) is 9.98 Å². The molecule has 7 nitrogen and oxygen atoms in total. The van der Waals surface area contributed by atoms with E-state index >= 15 is 0 Å². The van der Waals surface area contributed by atoms with Gasteiger partial charge in [-0.05, 0) is 38.1 Å². The number of ether oxygens (including phenoxy) is 1. The average Bonchev–Trinajstić information content (AvgIpc) is 2.76. The maximum absolute atomic E-state index is 14.8. The fourth-order valence-corrected chi connectivity index (χ4v) is 3.29. The molecule has 2 bridgehead atoms. The van der Waals surface area contributed by atoms with E-state index in [-0.39, 0.29) is 23.8 Å². The molecule has 1 aromatic carbocycles. The van der Waals surface area contributed by atoms with Crippen LogP contribution in [-0.2, 0) is 0 Å². The summed E-state index contributed by atoms with van der Waals surface area (Å²) in [5.74, 6) is -0.823. The molecule has 0 aliphatic carbocycles. The minimum Gasteiger partial charge on any atom is -0.482 e. The molecule has 1 aromatic heterocycles. The number of pyridine rings is 1. The molecule has 0 fully saturated rings. The van der Waals surface area contributed by atoms with Gasteiger partial charge in [-0.2, -0.15) is 0 Å². The monoisotopic (exact) mass is 426 g/mol. The SMILES string of the molecule is CCN=C1C(=CN)CN=C(C(F)=CN)c2ccc(F)cc2[C@@H](C)Oc2cc1cnc2N. The van der Waals surface area contributed by atoms with Gasteiger partial charge in [-0.1, -0.05) is 0 Å². The van der Waals surface area contributed by atoms with Crippen molar-refractivity contribution in [3.05, 3.63) is 76.8 Å². The predicted molar refractivity (Wildman–Crippen MR) is 118 cm³/mol. The lowest BCUT2D eigenvalue weighted by Gasteiger charge is -2.22. The van der Waals surface area contributed by atoms with Crippen LogP contribution in [-0.4, -0.2) is 29.5 Å². The van der Waals surface area contributed by atoms with Crippen molar-refractivity contribution in [1.29, 1.82) is 0 Å². The topological polar surface area (TPSA) is 125 Å². The molecule has 0 saturated carbocycles. The number of fused-ring (bicyclic) bond motifs is 3. The van der Waals surface area contributed by atoms with Gasteiger partial charge in [0.1, 0.15) is 17.6 Å². The fourth-order valence-electron chi connectivity index (χ4n) is 3.29. The maximum atomic E-state index is 14.8. The first-order valence-electron chi connectivity index (χ1n) is 9.69. The molecule has 31 heavy (non-hydrogen) atoms. The molecule has 1 aliphatic rings. The summed E-state index contributed by atoms with van der Waals surface area (Å²) in [5, 5.41) is 0. The summed E-state index contributed by atoms with van der Waals surface area (Å²) in [6.45, 7) is 4.05. The normalized spacial score (nSPS) is 19.8. The van der Waals surface area contributed by atoms with E-state index < -0.39 is 17.7 Å². The molecule has 1 atom stereocenters. The van der Waals surface area contributed by atoms with E-state index in [4.69, 9.17) is 21.9 Å². The van der Waals surface area contributed by atoms with Crippen LogP contribution in [0.5, 0.6) is 5.75 Å². The lowest BCUT2D eigenvalue weighted by molar-refractivity contribution is 0.227. The van der Waals surface area contributed by atoms with Crippen LogP contribution < -0.4 is 21.9 Å². The highest BCUT2D eigenvalue weighted by Crippen LogP contribution is 2.31. The Hall–Kier alpha value is -3.75. The van der Waals surface area contributed by atoms with Crippen LogP contribution in [0.15, 0.2) is 64.2 Å². The molecule has 0 spiro atoms. The molecule has 3 rings (SSSR count). The Morgan fingerprint density at radius 1 is 1.32 bits per heavy atom. The molecule has 2 aromatic rings. The van der Waals surface area contributed by atoms with Crippen molar-refractivity contribution < 1.29 is 13.5 Å². The van der Waals surface area contributed by atoms with Crippen molar-refractivity contribution in [2.45, 2.75) is 20.0 Å². The molecule has 6 N–H and O–H groups in total. The first kappa shape index (κ1) is 21.9. The number of nitrogens with zero attached hydrogens (tertiary/aromatic N) is 3. The van der Waals surface area contributed by atoms with Gasteiger partial charge in [0.05, 0.1) is 12.3 Å². The van der Waals surface area contributed by atoms with Crippen LogP contribution in [0.2, 0.25) is 0 Å². The summed E-state index contributed by atoms with van der Waals surface area (Å²) >= 11 is 0. The molecule has 162 valence electrons. The summed E-state index contributed by atoms with van der Waals surface area (Å²) in [7, 11) is 0. The highest BCUT2D eigenvalue weighted by molar-refractivity contribution is 6.15. The molecule has 0 amide bonds. The van der Waals surface area contributed by atoms with E-state index in [0.717, 1.165) is 6.20 Å². The Bertz CT molecular complexity index is 1110.